The van der Waals surface area contributed by atoms with E-state index >= 15 is 0 Å². The number of aromatic nitrogens is 1. The Morgan fingerprint density at radius 1 is 1.19 bits per heavy atom. The third-order valence-corrected chi connectivity index (χ3v) is 4.80. The highest BCUT2D eigenvalue weighted by molar-refractivity contribution is 6.00. The zero-order chi connectivity index (χ0) is 14.7. The first kappa shape index (κ1) is 14.2. The van der Waals surface area contributed by atoms with E-state index in [9.17, 15) is 4.79 Å². The Kier molecular flexibility index (Phi) is 4.33. The van der Waals surface area contributed by atoms with Crippen LogP contribution >= 0.6 is 0 Å². The molecule has 21 heavy (non-hydrogen) atoms. The van der Waals surface area contributed by atoms with Crippen LogP contribution in [0.15, 0.2) is 36.5 Å². The van der Waals surface area contributed by atoms with Crippen molar-refractivity contribution in [3.8, 4) is 0 Å². The highest BCUT2D eigenvalue weighted by Crippen LogP contribution is 2.33. The van der Waals surface area contributed by atoms with Gasteiger partial charge >= 0.3 is 0 Å². The molecular weight excluding hydrogens is 258 g/mol. The van der Waals surface area contributed by atoms with Gasteiger partial charge in [0.15, 0.2) is 5.78 Å². The molecule has 1 aliphatic rings. The highest BCUT2D eigenvalue weighted by atomic mass is 16.1. The predicted octanol–water partition coefficient (Wildman–Crippen LogP) is 5.02. The van der Waals surface area contributed by atoms with Gasteiger partial charge in [-0.3, -0.25) is 9.78 Å². The fourth-order valence-electron chi connectivity index (χ4n) is 3.58. The molecule has 1 aliphatic carbocycles. The van der Waals surface area contributed by atoms with Gasteiger partial charge in [-0.2, -0.15) is 0 Å². The number of pyridine rings is 1. The Hall–Kier alpha value is -1.70. The molecule has 0 saturated heterocycles. The van der Waals surface area contributed by atoms with E-state index in [1.165, 1.54) is 25.7 Å². The third kappa shape index (κ3) is 3.15. The maximum Gasteiger partial charge on any atom is 0.166 e. The number of Topliss-reactive ketones (excluding diaryl/α,β-unsaturated/α-hetero) is 1. The highest BCUT2D eigenvalue weighted by Gasteiger charge is 2.26. The van der Waals surface area contributed by atoms with Gasteiger partial charge in [-0.25, -0.2) is 0 Å². The first-order chi connectivity index (χ1) is 10.3. The first-order valence-corrected chi connectivity index (χ1v) is 8.17. The van der Waals surface area contributed by atoms with Crippen molar-refractivity contribution in [3.63, 3.8) is 0 Å². The number of hydrogen-bond acceptors (Lipinski definition) is 2. The summed E-state index contributed by atoms with van der Waals surface area (Å²) < 4.78 is 0. The molecule has 0 bridgehead atoms. The summed E-state index contributed by atoms with van der Waals surface area (Å²) >= 11 is 0. The molecule has 0 unspecified atom stereocenters. The molecule has 0 amide bonds. The standard InChI is InChI=1S/C19H23NO/c1-2-4-14-6-8-16(9-7-14)19(21)17-11-10-15-5-3-12-20-18(15)13-17/h3,5,10-14,16H,2,4,6-9H2,1H3. The molecule has 2 nitrogen and oxygen atoms in total. The van der Waals surface area contributed by atoms with E-state index < -0.39 is 0 Å². The summed E-state index contributed by atoms with van der Waals surface area (Å²) in [5, 5.41) is 1.10. The van der Waals surface area contributed by atoms with Crippen LogP contribution in [0.2, 0.25) is 0 Å². The van der Waals surface area contributed by atoms with Crippen molar-refractivity contribution in [1.82, 2.24) is 4.98 Å². The molecule has 2 aromatic rings. The lowest BCUT2D eigenvalue weighted by molar-refractivity contribution is 0.0870. The third-order valence-electron chi connectivity index (χ3n) is 4.80. The van der Waals surface area contributed by atoms with Gasteiger partial charge in [-0.15, -0.1) is 0 Å². The Morgan fingerprint density at radius 3 is 2.76 bits per heavy atom. The fourth-order valence-corrected chi connectivity index (χ4v) is 3.58. The molecule has 0 atom stereocenters. The van der Waals surface area contributed by atoms with Gasteiger partial charge in [0.05, 0.1) is 5.52 Å². The number of fused-ring (bicyclic) bond motifs is 1. The van der Waals surface area contributed by atoms with Crippen LogP contribution in [0.1, 0.15) is 55.8 Å². The zero-order valence-electron chi connectivity index (χ0n) is 12.7. The zero-order valence-corrected chi connectivity index (χ0v) is 12.7. The number of nitrogens with zero attached hydrogens (tertiary/aromatic N) is 1. The molecule has 1 heterocycles. The Morgan fingerprint density at radius 2 is 2.00 bits per heavy atom. The maximum atomic E-state index is 12.7. The van der Waals surface area contributed by atoms with Crippen molar-refractivity contribution in [2.24, 2.45) is 11.8 Å². The number of rotatable bonds is 4. The minimum absolute atomic E-state index is 0.222. The number of carbonyl (C=O) groups excluding carboxylic acids is 1. The molecule has 0 spiro atoms. The average Bonchev–Trinajstić information content (AvgIpc) is 2.55. The molecule has 0 radical (unpaired) electrons. The summed E-state index contributed by atoms with van der Waals surface area (Å²) in [6.45, 7) is 2.25. The molecule has 1 aromatic heterocycles. The van der Waals surface area contributed by atoms with E-state index in [1.54, 1.807) is 6.20 Å². The summed E-state index contributed by atoms with van der Waals surface area (Å²) in [6.07, 6.45) is 8.92. The van der Waals surface area contributed by atoms with Crippen LogP contribution in [0.25, 0.3) is 10.9 Å². The molecule has 0 N–H and O–H groups in total. The van der Waals surface area contributed by atoms with E-state index in [4.69, 9.17) is 0 Å². The second-order valence-corrected chi connectivity index (χ2v) is 6.28. The first-order valence-electron chi connectivity index (χ1n) is 8.17. The minimum atomic E-state index is 0.222. The Bertz CT molecular complexity index is 626. The van der Waals surface area contributed by atoms with Gasteiger partial charge in [-0.05, 0) is 43.7 Å². The lowest BCUT2D eigenvalue weighted by Crippen LogP contribution is -2.22. The largest absolute Gasteiger partial charge is 0.294 e. The molecule has 1 aromatic carbocycles. The van der Waals surface area contributed by atoms with Crippen molar-refractivity contribution in [3.05, 3.63) is 42.1 Å². The van der Waals surface area contributed by atoms with Gasteiger partial charge in [0.25, 0.3) is 0 Å². The molecule has 1 saturated carbocycles. The lowest BCUT2D eigenvalue weighted by Gasteiger charge is -2.27. The molecule has 2 heteroatoms. The summed E-state index contributed by atoms with van der Waals surface area (Å²) in [4.78, 5) is 17.0. The quantitative estimate of drug-likeness (QED) is 0.736. The van der Waals surface area contributed by atoms with Crippen LogP contribution in [-0.2, 0) is 0 Å². The van der Waals surface area contributed by atoms with Crippen molar-refractivity contribution in [2.45, 2.75) is 45.4 Å². The Labute approximate surface area is 126 Å². The van der Waals surface area contributed by atoms with Gasteiger partial charge in [0.1, 0.15) is 0 Å². The predicted molar refractivity (Wildman–Crippen MR) is 86.4 cm³/mol. The summed E-state index contributed by atoms with van der Waals surface area (Å²) in [7, 11) is 0. The average molecular weight is 281 g/mol. The second-order valence-electron chi connectivity index (χ2n) is 6.28. The van der Waals surface area contributed by atoms with E-state index in [1.807, 2.05) is 30.3 Å². The molecule has 110 valence electrons. The lowest BCUT2D eigenvalue weighted by atomic mass is 9.77. The number of carbonyl (C=O) groups is 1. The van der Waals surface area contributed by atoms with E-state index in [-0.39, 0.29) is 5.92 Å². The Balaban J connectivity index is 1.72. The van der Waals surface area contributed by atoms with Crippen LogP contribution in [0, 0.1) is 11.8 Å². The number of hydrogen-bond donors (Lipinski definition) is 0. The van der Waals surface area contributed by atoms with Crippen LogP contribution in [-0.4, -0.2) is 10.8 Å². The van der Waals surface area contributed by atoms with E-state index in [0.717, 1.165) is 35.2 Å². The molecular formula is C19H23NO. The van der Waals surface area contributed by atoms with Gasteiger partial charge in [0, 0.05) is 23.1 Å². The van der Waals surface area contributed by atoms with Crippen LogP contribution < -0.4 is 0 Å². The van der Waals surface area contributed by atoms with E-state index in [0.29, 0.717) is 5.78 Å². The SMILES string of the molecule is CCCC1CCC(C(=O)c2ccc3cccnc3c2)CC1. The van der Waals surface area contributed by atoms with Crippen LogP contribution in [0.3, 0.4) is 0 Å². The van der Waals surface area contributed by atoms with Gasteiger partial charge in [-0.1, -0.05) is 38.0 Å². The molecule has 3 rings (SSSR count). The van der Waals surface area contributed by atoms with Crippen molar-refractivity contribution < 1.29 is 4.79 Å². The van der Waals surface area contributed by atoms with Crippen molar-refractivity contribution in [1.29, 1.82) is 0 Å². The van der Waals surface area contributed by atoms with Crippen molar-refractivity contribution in [2.75, 3.05) is 0 Å². The summed E-state index contributed by atoms with van der Waals surface area (Å²) in [6, 6.07) is 9.89. The van der Waals surface area contributed by atoms with Crippen LogP contribution in [0.4, 0.5) is 0 Å². The topological polar surface area (TPSA) is 30.0 Å². The van der Waals surface area contributed by atoms with Crippen molar-refractivity contribution >= 4 is 16.7 Å². The van der Waals surface area contributed by atoms with Gasteiger partial charge < -0.3 is 0 Å². The van der Waals surface area contributed by atoms with Crippen LogP contribution in [0.5, 0.6) is 0 Å². The second kappa shape index (κ2) is 6.38. The smallest absolute Gasteiger partial charge is 0.166 e. The molecule has 1 fully saturated rings. The normalized spacial score (nSPS) is 22.3. The summed E-state index contributed by atoms with van der Waals surface area (Å²) in [5.41, 5.74) is 1.75. The molecule has 0 aliphatic heterocycles. The summed E-state index contributed by atoms with van der Waals surface area (Å²) in [5.74, 6) is 1.38. The number of benzene rings is 1. The fraction of sp³-hybridized carbons (Fsp3) is 0.474. The minimum Gasteiger partial charge on any atom is -0.294 e. The maximum absolute atomic E-state index is 12.7. The number of ketones is 1. The van der Waals surface area contributed by atoms with E-state index in [2.05, 4.69) is 11.9 Å². The monoisotopic (exact) mass is 281 g/mol. The van der Waals surface area contributed by atoms with Gasteiger partial charge in [0.2, 0.25) is 0 Å².